The zero-order valence-corrected chi connectivity index (χ0v) is 18.1. The number of hydrogen-bond acceptors (Lipinski definition) is 8. The molecule has 31 heavy (non-hydrogen) atoms. The molecular formula is C21H24N4O5S. The molecule has 0 spiro atoms. The van der Waals surface area contributed by atoms with E-state index in [1.165, 1.54) is 7.11 Å². The van der Waals surface area contributed by atoms with Crippen molar-refractivity contribution in [1.82, 2.24) is 9.55 Å². The van der Waals surface area contributed by atoms with Crippen LogP contribution in [0.25, 0.3) is 0 Å². The van der Waals surface area contributed by atoms with Gasteiger partial charge in [-0.2, -0.15) is 0 Å². The Kier molecular flexibility index (Phi) is 7.27. The molecule has 0 atom stereocenters. The number of rotatable bonds is 10. The van der Waals surface area contributed by atoms with E-state index in [-0.39, 0.29) is 31.1 Å². The molecule has 0 amide bonds. The monoisotopic (exact) mass is 444 g/mol. The summed E-state index contributed by atoms with van der Waals surface area (Å²) < 4.78 is 11.3. The number of aromatic nitrogens is 2. The van der Waals surface area contributed by atoms with Crippen molar-refractivity contribution in [3.8, 4) is 5.75 Å². The van der Waals surface area contributed by atoms with Gasteiger partial charge in [-0.1, -0.05) is 6.07 Å². The third kappa shape index (κ3) is 5.22. The van der Waals surface area contributed by atoms with Crippen molar-refractivity contribution in [3.05, 3.63) is 73.1 Å². The number of ketones is 1. The largest absolute Gasteiger partial charge is 0.497 e. The van der Waals surface area contributed by atoms with E-state index in [1.54, 1.807) is 30.6 Å². The SMILES string of the molecule is COCCn1c(N)c(C(=O)CN(Cc2cccs2)c2ccc(OC)cc2)c(=O)[nH]c1=O. The Morgan fingerprint density at radius 3 is 2.55 bits per heavy atom. The van der Waals surface area contributed by atoms with Crippen molar-refractivity contribution in [2.24, 2.45) is 0 Å². The van der Waals surface area contributed by atoms with Crippen molar-refractivity contribution in [2.75, 3.05) is 38.0 Å². The van der Waals surface area contributed by atoms with Crippen molar-refractivity contribution >= 4 is 28.6 Å². The average Bonchev–Trinajstić information content (AvgIpc) is 3.26. The Labute approximate surface area is 182 Å². The molecule has 3 aromatic rings. The summed E-state index contributed by atoms with van der Waals surface area (Å²) in [5.41, 5.74) is 5.12. The van der Waals surface area contributed by atoms with E-state index in [1.807, 2.05) is 34.5 Å². The Hall–Kier alpha value is -3.37. The van der Waals surface area contributed by atoms with Crippen LogP contribution in [-0.2, 0) is 17.8 Å². The number of H-pyrrole nitrogens is 1. The lowest BCUT2D eigenvalue weighted by atomic mass is 10.1. The van der Waals surface area contributed by atoms with Gasteiger partial charge in [-0.3, -0.25) is 19.1 Å². The van der Waals surface area contributed by atoms with Crippen molar-refractivity contribution in [1.29, 1.82) is 0 Å². The number of methoxy groups -OCH3 is 2. The van der Waals surface area contributed by atoms with Gasteiger partial charge in [0, 0.05) is 17.7 Å². The van der Waals surface area contributed by atoms with Gasteiger partial charge < -0.3 is 20.1 Å². The number of aromatic amines is 1. The molecule has 0 aliphatic heterocycles. The molecule has 9 nitrogen and oxygen atoms in total. The standard InChI is InChI=1S/C21H24N4O5S/c1-29-10-9-25-19(22)18(20(27)23-21(25)28)17(26)13-24(12-16-4-3-11-31-16)14-5-7-15(30-2)8-6-14/h3-8,11H,9-10,12-13,22H2,1-2H3,(H,23,27,28). The maximum Gasteiger partial charge on any atom is 0.330 e. The van der Waals surface area contributed by atoms with Gasteiger partial charge in [0.1, 0.15) is 17.1 Å². The molecular weight excluding hydrogens is 420 g/mol. The number of carbonyl (C=O) groups is 1. The Bertz CT molecular complexity index is 1140. The molecule has 10 heteroatoms. The minimum Gasteiger partial charge on any atom is -0.497 e. The van der Waals surface area contributed by atoms with E-state index in [4.69, 9.17) is 15.2 Å². The van der Waals surface area contributed by atoms with Gasteiger partial charge in [-0.25, -0.2) is 4.79 Å². The van der Waals surface area contributed by atoms with Crippen LogP contribution in [-0.4, -0.2) is 42.7 Å². The van der Waals surface area contributed by atoms with Gasteiger partial charge in [-0.15, -0.1) is 11.3 Å². The number of hydrogen-bond donors (Lipinski definition) is 2. The quantitative estimate of drug-likeness (QED) is 0.457. The second kappa shape index (κ2) is 10.1. The summed E-state index contributed by atoms with van der Waals surface area (Å²) in [6, 6.07) is 11.2. The molecule has 3 rings (SSSR count). The van der Waals surface area contributed by atoms with E-state index >= 15 is 0 Å². The van der Waals surface area contributed by atoms with Crippen molar-refractivity contribution in [2.45, 2.75) is 13.1 Å². The normalized spacial score (nSPS) is 10.8. The fourth-order valence-electron chi connectivity index (χ4n) is 3.14. The average molecular weight is 445 g/mol. The number of carbonyl (C=O) groups excluding carboxylic acids is 1. The highest BCUT2D eigenvalue weighted by Gasteiger charge is 2.22. The van der Waals surface area contributed by atoms with Crippen LogP contribution in [0.2, 0.25) is 0 Å². The number of nitrogens with zero attached hydrogens (tertiary/aromatic N) is 2. The summed E-state index contributed by atoms with van der Waals surface area (Å²) >= 11 is 1.57. The number of nitrogen functional groups attached to an aromatic ring is 1. The Morgan fingerprint density at radius 2 is 1.94 bits per heavy atom. The first-order valence-electron chi connectivity index (χ1n) is 9.50. The molecule has 0 saturated heterocycles. The fraction of sp³-hybridized carbons (Fsp3) is 0.286. The first-order valence-corrected chi connectivity index (χ1v) is 10.4. The van der Waals surface area contributed by atoms with E-state index in [2.05, 4.69) is 4.98 Å². The van der Waals surface area contributed by atoms with E-state index < -0.39 is 17.0 Å². The van der Waals surface area contributed by atoms with Crippen LogP contribution in [0.4, 0.5) is 11.5 Å². The first-order chi connectivity index (χ1) is 14.9. The van der Waals surface area contributed by atoms with E-state index in [0.717, 1.165) is 15.1 Å². The third-order valence-electron chi connectivity index (χ3n) is 4.74. The Morgan fingerprint density at radius 1 is 1.19 bits per heavy atom. The molecule has 0 fully saturated rings. The van der Waals surface area contributed by atoms with Crippen LogP contribution in [0.5, 0.6) is 5.75 Å². The van der Waals surface area contributed by atoms with Gasteiger partial charge in [-0.05, 0) is 35.7 Å². The fourth-order valence-corrected chi connectivity index (χ4v) is 3.86. The van der Waals surface area contributed by atoms with Gasteiger partial charge >= 0.3 is 5.69 Å². The number of anilines is 2. The zero-order chi connectivity index (χ0) is 22.4. The lowest BCUT2D eigenvalue weighted by Crippen LogP contribution is -2.39. The van der Waals surface area contributed by atoms with Crippen molar-refractivity contribution < 1.29 is 14.3 Å². The first kappa shape index (κ1) is 22.3. The number of benzene rings is 1. The number of nitrogens with one attached hydrogen (secondary N) is 1. The zero-order valence-electron chi connectivity index (χ0n) is 17.3. The smallest absolute Gasteiger partial charge is 0.330 e. The second-order valence-electron chi connectivity index (χ2n) is 6.72. The molecule has 164 valence electrons. The summed E-state index contributed by atoms with van der Waals surface area (Å²) in [5.74, 6) is 0.0379. The lowest BCUT2D eigenvalue weighted by Gasteiger charge is -2.24. The number of ether oxygens (including phenoxy) is 2. The van der Waals surface area contributed by atoms with Crippen LogP contribution in [0.15, 0.2) is 51.4 Å². The summed E-state index contributed by atoms with van der Waals surface area (Å²) in [4.78, 5) is 42.7. The number of Topliss-reactive ketones (excluding diaryl/α,β-unsaturated/α-hetero) is 1. The third-order valence-corrected chi connectivity index (χ3v) is 5.60. The molecule has 0 aliphatic rings. The highest BCUT2D eigenvalue weighted by molar-refractivity contribution is 7.09. The minimum atomic E-state index is -0.799. The molecule has 0 unspecified atom stereocenters. The maximum absolute atomic E-state index is 13.1. The lowest BCUT2D eigenvalue weighted by molar-refractivity contribution is 0.0997. The van der Waals surface area contributed by atoms with Gasteiger partial charge in [0.25, 0.3) is 5.56 Å². The highest BCUT2D eigenvalue weighted by Crippen LogP contribution is 2.23. The molecule has 3 N–H and O–H groups in total. The molecule has 2 heterocycles. The van der Waals surface area contributed by atoms with Gasteiger partial charge in [0.2, 0.25) is 0 Å². The van der Waals surface area contributed by atoms with Crippen LogP contribution < -0.4 is 26.6 Å². The summed E-state index contributed by atoms with van der Waals surface area (Å²) in [6.45, 7) is 0.701. The molecule has 0 bridgehead atoms. The molecule has 0 aliphatic carbocycles. The van der Waals surface area contributed by atoms with E-state index in [0.29, 0.717) is 12.3 Å². The second-order valence-corrected chi connectivity index (χ2v) is 7.75. The minimum absolute atomic E-state index is 0.0972. The molecule has 1 aromatic carbocycles. The summed E-state index contributed by atoms with van der Waals surface area (Å²) in [6.07, 6.45) is 0. The van der Waals surface area contributed by atoms with Crippen LogP contribution in [0, 0.1) is 0 Å². The van der Waals surface area contributed by atoms with Gasteiger partial charge in [0.15, 0.2) is 5.78 Å². The molecule has 2 aromatic heterocycles. The molecule has 0 radical (unpaired) electrons. The van der Waals surface area contributed by atoms with Crippen molar-refractivity contribution in [3.63, 3.8) is 0 Å². The Balaban J connectivity index is 1.94. The summed E-state index contributed by atoms with van der Waals surface area (Å²) in [5, 5.41) is 1.96. The highest BCUT2D eigenvalue weighted by atomic mass is 32.1. The van der Waals surface area contributed by atoms with Crippen LogP contribution >= 0.6 is 11.3 Å². The van der Waals surface area contributed by atoms with Crippen LogP contribution in [0.3, 0.4) is 0 Å². The topological polar surface area (TPSA) is 120 Å². The van der Waals surface area contributed by atoms with E-state index in [9.17, 15) is 14.4 Å². The van der Waals surface area contributed by atoms with Crippen LogP contribution in [0.1, 0.15) is 15.2 Å². The number of thiophene rings is 1. The predicted octanol–water partition coefficient (Wildman–Crippen LogP) is 1.72. The maximum atomic E-state index is 13.1. The number of nitrogens with two attached hydrogens (primary N) is 1. The predicted molar refractivity (Wildman–Crippen MR) is 120 cm³/mol. The van der Waals surface area contributed by atoms with Gasteiger partial charge in [0.05, 0.1) is 33.4 Å². The molecule has 0 saturated carbocycles. The summed E-state index contributed by atoms with van der Waals surface area (Å²) in [7, 11) is 3.06.